The second-order valence-corrected chi connectivity index (χ2v) is 20.3. The van der Waals surface area contributed by atoms with Crippen LogP contribution in [0.2, 0.25) is 0 Å². The van der Waals surface area contributed by atoms with E-state index in [0.717, 1.165) is 21.3 Å². The predicted octanol–water partition coefficient (Wildman–Crippen LogP) is 8.79. The maximum absolute atomic E-state index is 15.0. The van der Waals surface area contributed by atoms with E-state index in [-0.39, 0.29) is 79.3 Å². The van der Waals surface area contributed by atoms with E-state index in [0.29, 0.717) is 10.8 Å². The number of methoxy groups -OCH3 is 2. The number of ether oxygens (including phenoxy) is 2. The molecule has 0 amide bonds. The number of rotatable bonds is 12. The summed E-state index contributed by atoms with van der Waals surface area (Å²) in [5.74, 6) is -7.09. The summed E-state index contributed by atoms with van der Waals surface area (Å²) in [6.45, 7) is 0. The van der Waals surface area contributed by atoms with Crippen LogP contribution in [-0.2, 0) is 20.0 Å². The summed E-state index contributed by atoms with van der Waals surface area (Å²) < 4.78 is 177. The molecule has 26 heteroatoms. The Kier molecular flexibility index (Phi) is 13.2. The van der Waals surface area contributed by atoms with Crippen LogP contribution in [0.1, 0.15) is 35.8 Å². The van der Waals surface area contributed by atoms with Gasteiger partial charge in [0, 0.05) is 47.4 Å². The molecule has 0 saturated heterocycles. The Morgan fingerprint density at radius 2 is 0.946 bits per heavy atom. The number of alkyl halides is 6. The first-order valence-electron chi connectivity index (χ1n) is 21.8. The average Bonchev–Trinajstić information content (AvgIpc) is 4.30. The molecule has 2 aliphatic carbocycles. The van der Waals surface area contributed by atoms with E-state index in [2.05, 4.69) is 29.8 Å². The van der Waals surface area contributed by atoms with Gasteiger partial charge in [-0.2, -0.15) is 36.5 Å². The van der Waals surface area contributed by atoms with Crippen LogP contribution in [0.15, 0.2) is 141 Å². The van der Waals surface area contributed by atoms with Gasteiger partial charge in [0.25, 0.3) is 31.2 Å². The Labute approximate surface area is 413 Å². The lowest BCUT2D eigenvalue weighted by molar-refractivity contribution is -0.149. The molecule has 4 aromatic carbocycles. The molecule has 2 aliphatic rings. The summed E-state index contributed by atoms with van der Waals surface area (Å²) in [6.07, 6.45) is -6.55. The molecular weight excluding hydrogens is 1030 g/mol. The molecule has 2 saturated carbocycles. The minimum atomic E-state index is -4.43. The number of anilines is 2. The standard InChI is InChI=1S/2C24H18F4N4O4S/c2*1-36-21-11-16(15-10-17(15)24(26,27)28)18(25)12-20(21)32-19-6-5-14(9-13(19)4-7-23(32)33)37(34,35)31-22-3-2-8-29-30-22/h2*2-9,11-12,15,17H,10H2,1H3,(H,30,31)/t2*15-,17+/m10/s1. The van der Waals surface area contributed by atoms with Gasteiger partial charge in [-0.05, 0) is 121 Å². The molecule has 4 heterocycles. The van der Waals surface area contributed by atoms with Crippen LogP contribution in [0.3, 0.4) is 0 Å². The summed E-state index contributed by atoms with van der Waals surface area (Å²) in [6, 6.07) is 23.2. The van der Waals surface area contributed by atoms with Gasteiger partial charge in [-0.3, -0.25) is 28.2 Å². The van der Waals surface area contributed by atoms with E-state index in [9.17, 15) is 52.8 Å². The van der Waals surface area contributed by atoms with Gasteiger partial charge in [0.2, 0.25) is 0 Å². The number of sulfonamides is 2. The number of pyridine rings is 2. The smallest absolute Gasteiger partial charge is 0.392 e. The molecule has 2 N–H and O–H groups in total. The van der Waals surface area contributed by atoms with Gasteiger partial charge >= 0.3 is 12.4 Å². The lowest BCUT2D eigenvalue weighted by Crippen LogP contribution is -2.19. The zero-order valence-corrected chi connectivity index (χ0v) is 39.7. The summed E-state index contributed by atoms with van der Waals surface area (Å²) in [5.41, 5.74) is -1.03. The Bertz CT molecular complexity index is 3600. The van der Waals surface area contributed by atoms with E-state index in [1.54, 1.807) is 0 Å². The molecule has 4 aromatic heterocycles. The third kappa shape index (κ3) is 10.2. The highest BCUT2D eigenvalue weighted by Crippen LogP contribution is 2.58. The predicted molar refractivity (Wildman–Crippen MR) is 252 cm³/mol. The first-order valence-corrected chi connectivity index (χ1v) is 24.8. The van der Waals surface area contributed by atoms with Gasteiger partial charge < -0.3 is 9.47 Å². The van der Waals surface area contributed by atoms with Crippen molar-refractivity contribution in [3.63, 3.8) is 0 Å². The maximum atomic E-state index is 15.0. The summed E-state index contributed by atoms with van der Waals surface area (Å²) in [7, 11) is -5.59. The van der Waals surface area contributed by atoms with Crippen molar-refractivity contribution >= 4 is 53.5 Å². The number of aromatic nitrogens is 6. The van der Waals surface area contributed by atoms with Gasteiger partial charge in [-0.1, -0.05) is 0 Å². The highest BCUT2D eigenvalue weighted by molar-refractivity contribution is 7.93. The largest absolute Gasteiger partial charge is 0.495 e. The van der Waals surface area contributed by atoms with Crippen molar-refractivity contribution in [3.05, 3.63) is 165 Å². The topological polar surface area (TPSA) is 206 Å². The minimum absolute atomic E-state index is 0.000147. The summed E-state index contributed by atoms with van der Waals surface area (Å²) in [5, 5.41) is 15.3. The van der Waals surface area contributed by atoms with E-state index >= 15 is 8.78 Å². The van der Waals surface area contributed by atoms with E-state index in [1.807, 2.05) is 0 Å². The first-order chi connectivity index (χ1) is 35.0. The molecule has 2 fully saturated rings. The van der Waals surface area contributed by atoms with E-state index < -0.39 is 78.8 Å². The third-order valence-electron chi connectivity index (χ3n) is 12.3. The number of hydrogen-bond donors (Lipinski definition) is 2. The Morgan fingerprint density at radius 3 is 1.27 bits per heavy atom. The Hall–Kier alpha value is -8.00. The van der Waals surface area contributed by atoms with Gasteiger partial charge in [-0.25, -0.2) is 25.6 Å². The van der Waals surface area contributed by atoms with Gasteiger partial charge in [0.05, 0.1) is 58.3 Å². The zero-order valence-electron chi connectivity index (χ0n) is 38.1. The Morgan fingerprint density at radius 1 is 0.554 bits per heavy atom. The molecule has 74 heavy (non-hydrogen) atoms. The van der Waals surface area contributed by atoms with Crippen LogP contribution in [0.4, 0.5) is 46.8 Å². The van der Waals surface area contributed by atoms with E-state index in [4.69, 9.17) is 9.47 Å². The third-order valence-corrected chi connectivity index (χ3v) is 15.0. The van der Waals surface area contributed by atoms with Crippen LogP contribution in [0.25, 0.3) is 33.2 Å². The lowest BCUT2D eigenvalue weighted by atomic mass is 10.1. The molecule has 4 atom stereocenters. The molecule has 384 valence electrons. The van der Waals surface area contributed by atoms with Crippen molar-refractivity contribution in [2.45, 2.75) is 46.8 Å². The normalized spacial score (nSPS) is 17.5. The number of fused-ring (bicyclic) bond motifs is 2. The molecule has 0 unspecified atom stereocenters. The van der Waals surface area contributed by atoms with Crippen LogP contribution >= 0.6 is 0 Å². The lowest BCUT2D eigenvalue weighted by Gasteiger charge is -2.17. The van der Waals surface area contributed by atoms with Crippen molar-refractivity contribution in [2.75, 3.05) is 23.7 Å². The molecule has 0 bridgehead atoms. The highest BCUT2D eigenvalue weighted by Gasteiger charge is 2.58. The van der Waals surface area contributed by atoms with Crippen LogP contribution in [-0.4, -0.2) is 72.9 Å². The molecule has 8 aromatic rings. The number of nitrogens with zero attached hydrogens (tertiary/aromatic N) is 6. The average molecular weight is 1070 g/mol. The van der Waals surface area contributed by atoms with Crippen LogP contribution in [0, 0.1) is 23.5 Å². The van der Waals surface area contributed by atoms with Crippen LogP contribution < -0.4 is 30.0 Å². The molecule has 0 spiro atoms. The second-order valence-electron chi connectivity index (χ2n) is 17.0. The number of nitrogens with one attached hydrogen (secondary N) is 2. The van der Waals surface area contributed by atoms with Gasteiger partial charge in [-0.15, -0.1) is 10.2 Å². The van der Waals surface area contributed by atoms with Crippen molar-refractivity contribution in [1.29, 1.82) is 0 Å². The molecule has 0 aliphatic heterocycles. The van der Waals surface area contributed by atoms with E-state index in [1.165, 1.54) is 124 Å². The molecule has 16 nitrogen and oxygen atoms in total. The summed E-state index contributed by atoms with van der Waals surface area (Å²) >= 11 is 0. The molecular formula is C48H36F8N8O8S2. The minimum Gasteiger partial charge on any atom is -0.495 e. The van der Waals surface area contributed by atoms with Crippen molar-refractivity contribution in [2.24, 2.45) is 11.8 Å². The van der Waals surface area contributed by atoms with Crippen molar-refractivity contribution < 1.29 is 61.4 Å². The van der Waals surface area contributed by atoms with Crippen LogP contribution in [0.5, 0.6) is 11.5 Å². The van der Waals surface area contributed by atoms with Crippen molar-refractivity contribution in [1.82, 2.24) is 29.5 Å². The molecule has 10 rings (SSSR count). The van der Waals surface area contributed by atoms with Gasteiger partial charge in [0.15, 0.2) is 11.6 Å². The zero-order chi connectivity index (χ0) is 53.1. The highest BCUT2D eigenvalue weighted by atomic mass is 32.2. The maximum Gasteiger partial charge on any atom is 0.392 e. The van der Waals surface area contributed by atoms with Crippen molar-refractivity contribution in [3.8, 4) is 22.9 Å². The fraction of sp³-hybridized carbons (Fsp3) is 0.208. The Balaban J connectivity index is 0.000000182. The summed E-state index contributed by atoms with van der Waals surface area (Å²) in [4.78, 5) is 25.4. The fourth-order valence-electron chi connectivity index (χ4n) is 8.55. The first kappa shape index (κ1) is 50.9. The SMILES string of the molecule is COc1cc([C@@H]2C[C@H]2C(F)(F)F)c(F)cc1-n1c(=O)ccc2cc(S(=O)(=O)Nc3cccnn3)ccc21.COc1cc([C@H]2C[C@@H]2C(F)(F)F)c(F)cc1-n1c(=O)ccc2cc(S(=O)(=O)Nc3cccnn3)ccc21. The fourth-order valence-corrected chi connectivity index (χ4v) is 10.6. The number of halogens is 8. The number of hydrogen-bond acceptors (Lipinski definition) is 12. The molecule has 0 radical (unpaired) electrons. The quantitative estimate of drug-likeness (QED) is 0.110. The van der Waals surface area contributed by atoms with Gasteiger partial charge in [0.1, 0.15) is 23.1 Å². The monoisotopic (exact) mass is 1070 g/mol. The second kappa shape index (κ2) is 19.1. The number of benzene rings is 4.